The third-order valence-electron chi connectivity index (χ3n) is 5.55. The lowest BCUT2D eigenvalue weighted by Gasteiger charge is -2.32. The first-order valence-corrected chi connectivity index (χ1v) is 14.0. The monoisotopic (exact) mass is 582 g/mol. The fraction of sp³-hybridized carbons (Fsp3) is 0.259. The zero-order valence-corrected chi connectivity index (χ0v) is 23.5. The van der Waals surface area contributed by atoms with Gasteiger partial charge in [0, 0.05) is 50.9 Å². The third-order valence-corrected chi connectivity index (χ3v) is 7.91. The van der Waals surface area contributed by atoms with E-state index in [4.69, 9.17) is 46.4 Å². The van der Waals surface area contributed by atoms with Gasteiger partial charge in [-0.2, -0.15) is 0 Å². The van der Waals surface area contributed by atoms with Gasteiger partial charge in [0.2, 0.25) is 11.8 Å². The van der Waals surface area contributed by atoms with E-state index in [0.717, 1.165) is 11.1 Å². The predicted molar refractivity (Wildman–Crippen MR) is 152 cm³/mol. The fourth-order valence-electron chi connectivity index (χ4n) is 3.69. The SMILES string of the molecule is CCNC(=O)C(Cc1ccccc1)N(Cc1c(Cl)cccc1Cl)C(=O)CSCc1c(Cl)cccc1Cl. The van der Waals surface area contributed by atoms with Gasteiger partial charge < -0.3 is 10.2 Å². The number of nitrogens with one attached hydrogen (secondary N) is 1. The summed E-state index contributed by atoms with van der Waals surface area (Å²) in [4.78, 5) is 28.4. The number of carbonyl (C=O) groups excluding carboxylic acids is 2. The van der Waals surface area contributed by atoms with Crippen LogP contribution < -0.4 is 5.32 Å². The lowest BCUT2D eigenvalue weighted by atomic mass is 10.0. The average Bonchev–Trinajstić information content (AvgIpc) is 2.85. The lowest BCUT2D eigenvalue weighted by Crippen LogP contribution is -2.51. The number of rotatable bonds is 11. The fourth-order valence-corrected chi connectivity index (χ4v) is 5.86. The van der Waals surface area contributed by atoms with E-state index in [0.29, 0.717) is 44.4 Å². The Morgan fingerprint density at radius 2 is 1.39 bits per heavy atom. The molecule has 0 radical (unpaired) electrons. The number of carbonyl (C=O) groups is 2. The quantitative estimate of drug-likeness (QED) is 0.257. The number of benzene rings is 3. The molecule has 0 aromatic heterocycles. The molecule has 0 spiro atoms. The van der Waals surface area contributed by atoms with E-state index in [1.807, 2.05) is 37.3 Å². The highest BCUT2D eigenvalue weighted by Gasteiger charge is 2.31. The molecule has 0 bridgehead atoms. The van der Waals surface area contributed by atoms with E-state index in [1.165, 1.54) is 11.8 Å². The summed E-state index contributed by atoms with van der Waals surface area (Å²) in [5.41, 5.74) is 2.30. The Hall–Kier alpha value is -1.89. The molecule has 1 unspecified atom stereocenters. The van der Waals surface area contributed by atoms with Crippen molar-refractivity contribution in [3.63, 3.8) is 0 Å². The smallest absolute Gasteiger partial charge is 0.243 e. The minimum atomic E-state index is -0.753. The first kappa shape index (κ1) is 28.7. The second-order valence-corrected chi connectivity index (χ2v) is 10.6. The second kappa shape index (κ2) is 14.2. The van der Waals surface area contributed by atoms with Crippen molar-refractivity contribution in [2.45, 2.75) is 31.7 Å². The van der Waals surface area contributed by atoms with Crippen molar-refractivity contribution in [3.05, 3.63) is 104 Å². The molecule has 3 aromatic carbocycles. The molecule has 0 saturated heterocycles. The van der Waals surface area contributed by atoms with E-state index in [1.54, 1.807) is 41.3 Å². The van der Waals surface area contributed by atoms with Crippen LogP contribution in [0, 0.1) is 0 Å². The van der Waals surface area contributed by atoms with Crippen LogP contribution in [0.3, 0.4) is 0 Å². The second-order valence-electron chi connectivity index (χ2n) is 8.01. The Labute approximate surface area is 236 Å². The minimum Gasteiger partial charge on any atom is -0.355 e. The Bertz CT molecular complexity index is 1150. The van der Waals surface area contributed by atoms with E-state index in [9.17, 15) is 9.59 Å². The molecule has 190 valence electrons. The van der Waals surface area contributed by atoms with Crippen LogP contribution in [-0.2, 0) is 28.3 Å². The van der Waals surface area contributed by atoms with Crippen LogP contribution in [0.15, 0.2) is 66.7 Å². The highest BCUT2D eigenvalue weighted by atomic mass is 35.5. The van der Waals surface area contributed by atoms with Gasteiger partial charge in [0.25, 0.3) is 0 Å². The van der Waals surface area contributed by atoms with Gasteiger partial charge in [-0.05, 0) is 42.3 Å². The van der Waals surface area contributed by atoms with E-state index in [2.05, 4.69) is 5.32 Å². The van der Waals surface area contributed by atoms with Gasteiger partial charge >= 0.3 is 0 Å². The van der Waals surface area contributed by atoms with E-state index >= 15 is 0 Å². The van der Waals surface area contributed by atoms with Crippen LogP contribution >= 0.6 is 58.2 Å². The summed E-state index contributed by atoms with van der Waals surface area (Å²) in [6.45, 7) is 2.38. The molecule has 9 heteroatoms. The Morgan fingerprint density at radius 3 is 1.94 bits per heavy atom. The van der Waals surface area contributed by atoms with Crippen molar-refractivity contribution in [1.29, 1.82) is 0 Å². The molecule has 1 N–H and O–H groups in total. The van der Waals surface area contributed by atoms with Crippen molar-refractivity contribution in [2.24, 2.45) is 0 Å². The standard InChI is InChI=1S/C27H26Cl4N2O2S/c1-2-32-27(35)25(14-18-8-4-3-5-9-18)33(15-19-21(28)10-6-11-22(19)29)26(34)17-36-16-20-23(30)12-7-13-24(20)31/h3-13,25H,2,14-17H2,1H3,(H,32,35). The molecule has 0 aliphatic heterocycles. The molecule has 0 fully saturated rings. The van der Waals surface area contributed by atoms with E-state index in [-0.39, 0.29) is 24.1 Å². The molecule has 3 rings (SSSR count). The molecule has 3 aromatic rings. The molecular weight excluding hydrogens is 558 g/mol. The van der Waals surface area contributed by atoms with Gasteiger partial charge in [-0.3, -0.25) is 9.59 Å². The molecule has 2 amide bonds. The summed E-state index contributed by atoms with van der Waals surface area (Å²) in [6, 6.07) is 19.3. The third kappa shape index (κ3) is 7.80. The van der Waals surface area contributed by atoms with Crippen molar-refractivity contribution >= 4 is 70.0 Å². The molecular formula is C27H26Cl4N2O2S. The summed E-state index contributed by atoms with van der Waals surface area (Å²) < 4.78 is 0. The normalized spacial score (nSPS) is 11.7. The van der Waals surface area contributed by atoms with Crippen LogP contribution in [0.25, 0.3) is 0 Å². The summed E-state index contributed by atoms with van der Waals surface area (Å²) in [5, 5.41) is 4.84. The van der Waals surface area contributed by atoms with Crippen LogP contribution in [0.2, 0.25) is 20.1 Å². The van der Waals surface area contributed by atoms with Gasteiger partial charge in [-0.25, -0.2) is 0 Å². The largest absolute Gasteiger partial charge is 0.355 e. The first-order chi connectivity index (χ1) is 17.3. The molecule has 1 atom stereocenters. The average molecular weight is 584 g/mol. The number of likely N-dealkylation sites (N-methyl/N-ethyl adjacent to an activating group) is 1. The zero-order chi connectivity index (χ0) is 26.1. The van der Waals surface area contributed by atoms with Crippen molar-refractivity contribution in [3.8, 4) is 0 Å². The Kier molecular flexibility index (Phi) is 11.3. The van der Waals surface area contributed by atoms with Crippen LogP contribution in [0.5, 0.6) is 0 Å². The summed E-state index contributed by atoms with van der Waals surface area (Å²) >= 11 is 26.9. The number of thioether (sulfide) groups is 1. The van der Waals surface area contributed by atoms with Crippen molar-refractivity contribution in [1.82, 2.24) is 10.2 Å². The number of hydrogen-bond acceptors (Lipinski definition) is 3. The molecule has 0 saturated carbocycles. The summed E-state index contributed by atoms with van der Waals surface area (Å²) in [5.74, 6) is 0.118. The maximum absolute atomic E-state index is 13.6. The van der Waals surface area contributed by atoms with Gasteiger partial charge in [-0.15, -0.1) is 11.8 Å². The van der Waals surface area contributed by atoms with Gasteiger partial charge in [0.15, 0.2) is 0 Å². The molecule has 4 nitrogen and oxygen atoms in total. The molecule has 0 aliphatic rings. The summed E-state index contributed by atoms with van der Waals surface area (Å²) in [7, 11) is 0. The lowest BCUT2D eigenvalue weighted by molar-refractivity contribution is -0.139. The highest BCUT2D eigenvalue weighted by molar-refractivity contribution is 7.99. The molecule has 0 aliphatic carbocycles. The Balaban J connectivity index is 1.89. The highest BCUT2D eigenvalue weighted by Crippen LogP contribution is 2.30. The maximum atomic E-state index is 13.6. The predicted octanol–water partition coefficient (Wildman–Crippen LogP) is 7.31. The van der Waals surface area contributed by atoms with Gasteiger partial charge in [-0.1, -0.05) is 88.9 Å². The minimum absolute atomic E-state index is 0.0966. The maximum Gasteiger partial charge on any atom is 0.243 e. The van der Waals surface area contributed by atoms with Crippen molar-refractivity contribution in [2.75, 3.05) is 12.3 Å². The number of hydrogen-bond donors (Lipinski definition) is 1. The number of amides is 2. The van der Waals surface area contributed by atoms with Crippen molar-refractivity contribution < 1.29 is 9.59 Å². The Morgan fingerprint density at radius 1 is 0.833 bits per heavy atom. The van der Waals surface area contributed by atoms with Crippen LogP contribution in [0.4, 0.5) is 0 Å². The van der Waals surface area contributed by atoms with E-state index < -0.39 is 6.04 Å². The number of halogens is 4. The summed E-state index contributed by atoms with van der Waals surface area (Å²) in [6.07, 6.45) is 0.349. The van der Waals surface area contributed by atoms with Gasteiger partial charge in [0.05, 0.1) is 5.75 Å². The zero-order valence-electron chi connectivity index (χ0n) is 19.6. The van der Waals surface area contributed by atoms with Crippen LogP contribution in [-0.4, -0.2) is 35.1 Å². The topological polar surface area (TPSA) is 49.4 Å². The number of nitrogens with zero attached hydrogens (tertiary/aromatic N) is 1. The molecule has 0 heterocycles. The first-order valence-electron chi connectivity index (χ1n) is 11.4. The molecule has 36 heavy (non-hydrogen) atoms. The van der Waals surface area contributed by atoms with Gasteiger partial charge in [0.1, 0.15) is 6.04 Å². The van der Waals surface area contributed by atoms with Crippen LogP contribution in [0.1, 0.15) is 23.6 Å².